The van der Waals surface area contributed by atoms with E-state index in [-0.39, 0.29) is 11.9 Å². The molecule has 0 aliphatic heterocycles. The molecule has 0 saturated heterocycles. The molecule has 1 N–H and O–H groups in total. The van der Waals surface area contributed by atoms with Crippen molar-refractivity contribution in [3.8, 4) is 0 Å². The smallest absolute Gasteiger partial charge is 0.237 e. The molecule has 0 spiro atoms. The van der Waals surface area contributed by atoms with Gasteiger partial charge in [-0.1, -0.05) is 0 Å². The minimum atomic E-state index is -0.124. The van der Waals surface area contributed by atoms with E-state index in [1.54, 1.807) is 0 Å². The summed E-state index contributed by atoms with van der Waals surface area (Å²) in [6.07, 6.45) is 2.25. The van der Waals surface area contributed by atoms with E-state index < -0.39 is 0 Å². The van der Waals surface area contributed by atoms with Crippen molar-refractivity contribution in [3.63, 3.8) is 0 Å². The molecule has 1 unspecified atom stereocenters. The Morgan fingerprint density at radius 3 is 2.82 bits per heavy atom. The molecule has 17 heavy (non-hydrogen) atoms. The predicted molar refractivity (Wildman–Crippen MR) is 65.5 cm³/mol. The summed E-state index contributed by atoms with van der Waals surface area (Å²) in [6, 6.07) is 4.19. The number of aryl methyl sites for hydroxylation is 1. The zero-order chi connectivity index (χ0) is 12.4. The molecule has 1 aliphatic rings. The van der Waals surface area contributed by atoms with Crippen molar-refractivity contribution >= 4 is 5.91 Å². The van der Waals surface area contributed by atoms with Gasteiger partial charge in [-0.05, 0) is 45.9 Å². The van der Waals surface area contributed by atoms with Crippen molar-refractivity contribution in [1.29, 1.82) is 0 Å². The van der Waals surface area contributed by atoms with Crippen LogP contribution >= 0.6 is 0 Å². The highest BCUT2D eigenvalue weighted by atomic mass is 16.3. The van der Waals surface area contributed by atoms with Crippen LogP contribution in [0.3, 0.4) is 0 Å². The number of nitrogens with one attached hydrogen (secondary N) is 1. The molecule has 1 atom stereocenters. The number of likely N-dealkylation sites (N-methyl/N-ethyl adjacent to an activating group) is 1. The van der Waals surface area contributed by atoms with Crippen molar-refractivity contribution < 1.29 is 9.21 Å². The summed E-state index contributed by atoms with van der Waals surface area (Å²) in [4.78, 5) is 13.8. The Morgan fingerprint density at radius 2 is 2.29 bits per heavy atom. The van der Waals surface area contributed by atoms with E-state index in [0.29, 0.717) is 12.6 Å². The number of furan rings is 1. The summed E-state index contributed by atoms with van der Waals surface area (Å²) in [7, 11) is 1.94. The van der Waals surface area contributed by atoms with E-state index in [1.165, 1.54) is 0 Å². The zero-order valence-corrected chi connectivity index (χ0v) is 10.7. The molecule has 1 aromatic rings. The maximum atomic E-state index is 11.8. The number of nitrogens with zero attached hydrogens (tertiary/aromatic N) is 1. The minimum absolute atomic E-state index is 0.110. The molecular formula is C13H20N2O2. The van der Waals surface area contributed by atoms with Gasteiger partial charge in [0.25, 0.3) is 0 Å². The number of hydrogen-bond donors (Lipinski definition) is 1. The summed E-state index contributed by atoms with van der Waals surface area (Å²) in [5.74, 6) is 1.91. The normalized spacial score (nSPS) is 17.2. The van der Waals surface area contributed by atoms with Crippen molar-refractivity contribution in [2.24, 2.45) is 0 Å². The second-order valence-corrected chi connectivity index (χ2v) is 4.89. The number of carbonyl (C=O) groups is 1. The van der Waals surface area contributed by atoms with Gasteiger partial charge in [0.1, 0.15) is 11.5 Å². The molecule has 0 bridgehead atoms. The van der Waals surface area contributed by atoms with Gasteiger partial charge in [0, 0.05) is 6.04 Å². The summed E-state index contributed by atoms with van der Waals surface area (Å²) in [5.41, 5.74) is 0. The molecule has 1 heterocycles. The van der Waals surface area contributed by atoms with Gasteiger partial charge in [-0.15, -0.1) is 0 Å². The van der Waals surface area contributed by atoms with Gasteiger partial charge in [-0.3, -0.25) is 9.69 Å². The third kappa shape index (κ3) is 3.33. The van der Waals surface area contributed by atoms with Crippen molar-refractivity contribution in [3.05, 3.63) is 23.7 Å². The highest BCUT2D eigenvalue weighted by Gasteiger charge is 2.27. The van der Waals surface area contributed by atoms with Crippen LogP contribution in [0.4, 0.5) is 0 Å². The fourth-order valence-corrected chi connectivity index (χ4v) is 1.70. The first-order valence-electron chi connectivity index (χ1n) is 6.12. The molecule has 1 aliphatic carbocycles. The van der Waals surface area contributed by atoms with Crippen molar-refractivity contribution in [1.82, 2.24) is 10.2 Å². The van der Waals surface area contributed by atoms with E-state index in [2.05, 4.69) is 5.32 Å². The van der Waals surface area contributed by atoms with E-state index in [4.69, 9.17) is 4.42 Å². The summed E-state index contributed by atoms with van der Waals surface area (Å²) >= 11 is 0. The van der Waals surface area contributed by atoms with Gasteiger partial charge in [0.2, 0.25) is 5.91 Å². The predicted octanol–water partition coefficient (Wildman–Crippen LogP) is 1.69. The third-order valence-corrected chi connectivity index (χ3v) is 3.17. The molecule has 1 amide bonds. The SMILES string of the molecule is Cc1ccc(CN(C)C(C)C(=O)NC2CC2)o1. The van der Waals surface area contributed by atoms with Gasteiger partial charge in [0.15, 0.2) is 0 Å². The number of amides is 1. The van der Waals surface area contributed by atoms with Crippen LogP contribution < -0.4 is 5.32 Å². The van der Waals surface area contributed by atoms with Crippen LogP contribution in [-0.4, -0.2) is 29.9 Å². The van der Waals surface area contributed by atoms with E-state index >= 15 is 0 Å². The van der Waals surface area contributed by atoms with Crippen molar-refractivity contribution in [2.75, 3.05) is 7.05 Å². The lowest BCUT2D eigenvalue weighted by Gasteiger charge is -2.22. The van der Waals surface area contributed by atoms with E-state index in [1.807, 2.05) is 37.9 Å². The van der Waals surface area contributed by atoms with Crippen LogP contribution in [0.1, 0.15) is 31.3 Å². The monoisotopic (exact) mass is 236 g/mol. The van der Waals surface area contributed by atoms with E-state index in [0.717, 1.165) is 24.4 Å². The van der Waals surface area contributed by atoms with Crippen LogP contribution in [-0.2, 0) is 11.3 Å². The second kappa shape index (κ2) is 4.92. The highest BCUT2D eigenvalue weighted by molar-refractivity contribution is 5.81. The Bertz CT molecular complexity index is 396. The van der Waals surface area contributed by atoms with Gasteiger partial charge in [-0.25, -0.2) is 0 Å². The fourth-order valence-electron chi connectivity index (χ4n) is 1.70. The quantitative estimate of drug-likeness (QED) is 0.846. The van der Waals surface area contributed by atoms with Crippen LogP contribution in [0, 0.1) is 6.92 Å². The molecule has 4 heteroatoms. The molecule has 1 fully saturated rings. The largest absolute Gasteiger partial charge is 0.465 e. The lowest BCUT2D eigenvalue weighted by molar-refractivity contribution is -0.125. The Balaban J connectivity index is 1.85. The van der Waals surface area contributed by atoms with E-state index in [9.17, 15) is 4.79 Å². The van der Waals surface area contributed by atoms with Gasteiger partial charge in [-0.2, -0.15) is 0 Å². The Labute approximate surface area is 102 Å². The van der Waals surface area contributed by atoms with Crippen molar-refractivity contribution in [2.45, 2.75) is 45.3 Å². The number of carbonyl (C=O) groups excluding carboxylic acids is 1. The lowest BCUT2D eigenvalue weighted by atomic mass is 10.2. The number of rotatable bonds is 5. The molecule has 0 radical (unpaired) electrons. The average molecular weight is 236 g/mol. The standard InChI is InChI=1S/C13H20N2O2/c1-9-4-7-12(17-9)8-15(3)10(2)13(16)14-11-5-6-11/h4,7,10-11H,5-6,8H2,1-3H3,(H,14,16). The highest BCUT2D eigenvalue weighted by Crippen LogP contribution is 2.19. The van der Waals surface area contributed by atoms with Crippen LogP contribution in [0.2, 0.25) is 0 Å². The van der Waals surface area contributed by atoms with Crippen LogP contribution in [0.5, 0.6) is 0 Å². The van der Waals surface area contributed by atoms with Gasteiger partial charge in [0.05, 0.1) is 12.6 Å². The zero-order valence-electron chi connectivity index (χ0n) is 10.7. The Hall–Kier alpha value is -1.29. The maximum Gasteiger partial charge on any atom is 0.237 e. The second-order valence-electron chi connectivity index (χ2n) is 4.89. The molecule has 94 valence electrons. The molecule has 0 aromatic carbocycles. The Kier molecular flexibility index (Phi) is 3.52. The first kappa shape index (κ1) is 12.2. The summed E-state index contributed by atoms with van der Waals surface area (Å²) < 4.78 is 5.50. The topological polar surface area (TPSA) is 45.5 Å². The molecule has 1 aromatic heterocycles. The number of hydrogen-bond acceptors (Lipinski definition) is 3. The summed E-state index contributed by atoms with van der Waals surface area (Å²) in [6.45, 7) is 4.51. The summed E-state index contributed by atoms with van der Waals surface area (Å²) in [5, 5.41) is 3.01. The lowest BCUT2D eigenvalue weighted by Crippen LogP contribution is -2.43. The van der Waals surface area contributed by atoms with Gasteiger partial charge < -0.3 is 9.73 Å². The first-order valence-corrected chi connectivity index (χ1v) is 6.12. The van der Waals surface area contributed by atoms with Crippen LogP contribution in [0.15, 0.2) is 16.5 Å². The molecule has 4 nitrogen and oxygen atoms in total. The third-order valence-electron chi connectivity index (χ3n) is 3.17. The maximum absolute atomic E-state index is 11.8. The molecule has 1 saturated carbocycles. The van der Waals surface area contributed by atoms with Gasteiger partial charge >= 0.3 is 0 Å². The molecule has 2 rings (SSSR count). The average Bonchev–Trinajstić information content (AvgIpc) is 3.00. The Morgan fingerprint density at radius 1 is 1.59 bits per heavy atom. The minimum Gasteiger partial charge on any atom is -0.465 e. The first-order chi connectivity index (χ1) is 8.06. The fraction of sp³-hybridized carbons (Fsp3) is 0.615. The molecular weight excluding hydrogens is 216 g/mol. The van der Waals surface area contributed by atoms with Crippen LogP contribution in [0.25, 0.3) is 0 Å².